The molecule has 0 radical (unpaired) electrons. The van der Waals surface area contributed by atoms with Gasteiger partial charge in [0.05, 0.1) is 19.0 Å². The Morgan fingerprint density at radius 1 is 1.45 bits per heavy atom. The maximum absolute atomic E-state index is 9.35. The number of ether oxygens (including phenoxy) is 1. The van der Waals surface area contributed by atoms with Gasteiger partial charge in [0, 0.05) is 6.42 Å². The number of rotatable bonds is 4. The summed E-state index contributed by atoms with van der Waals surface area (Å²) < 4.78 is 12.3. The van der Waals surface area contributed by atoms with Gasteiger partial charge in [0.15, 0.2) is 11.5 Å². The molecule has 2 aromatic heterocycles. The number of hydrogen-bond acceptors (Lipinski definition) is 8. The molecular weight excluding hydrogens is 333 g/mol. The second-order valence-electron chi connectivity index (χ2n) is 4.76. The van der Waals surface area contributed by atoms with Crippen molar-refractivity contribution in [2.75, 3.05) is 12.3 Å². The van der Waals surface area contributed by atoms with Crippen LogP contribution < -0.4 is 5.73 Å². The summed E-state index contributed by atoms with van der Waals surface area (Å²) in [6, 6.07) is 0. The summed E-state index contributed by atoms with van der Waals surface area (Å²) in [5.41, 5.74) is 6.63. The normalized spacial score (nSPS) is 25.9. The molecule has 3 rings (SSSR count). The van der Waals surface area contributed by atoms with Crippen LogP contribution in [-0.4, -0.2) is 53.2 Å². The average molecular weight is 347 g/mol. The van der Waals surface area contributed by atoms with Gasteiger partial charge >= 0.3 is 6.72 Å². The van der Waals surface area contributed by atoms with E-state index in [2.05, 4.69) is 26.8 Å². The zero-order valence-electron chi connectivity index (χ0n) is 11.2. The molecule has 0 unspecified atom stereocenters. The summed E-state index contributed by atoms with van der Waals surface area (Å²) in [5, 5.41) is 9.35. The summed E-state index contributed by atoms with van der Waals surface area (Å²) in [5.74, 6) is 0.245. The Balaban J connectivity index is 1.89. The third-order valence-electron chi connectivity index (χ3n) is 3.33. The Morgan fingerprint density at radius 3 is 2.91 bits per heavy atom. The number of hydrogen-bond donors (Lipinski definition) is 4. The van der Waals surface area contributed by atoms with E-state index in [9.17, 15) is 14.9 Å². The van der Waals surface area contributed by atoms with Gasteiger partial charge in [0.2, 0.25) is 0 Å². The Bertz CT molecular complexity index is 736. The molecule has 2 aromatic rings. The van der Waals surface area contributed by atoms with Crippen LogP contribution in [0, 0.1) is 0 Å². The van der Waals surface area contributed by atoms with Crippen LogP contribution in [0.15, 0.2) is 12.7 Å². The molecule has 1 aliphatic heterocycles. The first-order valence-corrected chi connectivity index (χ1v) is 8.95. The van der Waals surface area contributed by atoms with Crippen LogP contribution in [0.2, 0.25) is 0 Å². The summed E-state index contributed by atoms with van der Waals surface area (Å²) in [4.78, 5) is 30.7. The molecule has 0 aliphatic carbocycles. The van der Waals surface area contributed by atoms with Crippen molar-refractivity contribution >= 4 is 35.5 Å². The third kappa shape index (κ3) is 2.97. The fourth-order valence-electron chi connectivity index (χ4n) is 2.40. The zero-order valence-corrected chi connectivity index (χ0v) is 12.9. The monoisotopic (exact) mass is 347 g/mol. The number of imidazole rings is 1. The molecule has 22 heavy (non-hydrogen) atoms. The van der Waals surface area contributed by atoms with Crippen LogP contribution in [-0.2, 0) is 21.1 Å². The summed E-state index contributed by atoms with van der Waals surface area (Å²) in [6.07, 6.45) is 1.02. The number of fused-ring (bicyclic) bond motifs is 1. The van der Waals surface area contributed by atoms with Gasteiger partial charge < -0.3 is 29.9 Å². The van der Waals surface area contributed by atoms with E-state index in [1.54, 1.807) is 4.57 Å². The molecule has 1 saturated heterocycles. The van der Waals surface area contributed by atoms with E-state index in [1.807, 2.05) is 0 Å². The number of aliphatic hydroxyl groups excluding tert-OH is 1. The number of aromatic nitrogens is 4. The van der Waals surface area contributed by atoms with Crippen molar-refractivity contribution in [1.29, 1.82) is 0 Å². The predicted octanol–water partition coefficient (Wildman–Crippen LogP) is -0.717. The largest absolute Gasteiger partial charge is 0.394 e. The van der Waals surface area contributed by atoms with Crippen molar-refractivity contribution in [1.82, 2.24) is 19.5 Å². The van der Waals surface area contributed by atoms with Gasteiger partial charge in [-0.3, -0.25) is 4.57 Å². The molecule has 1 fully saturated rings. The molecule has 120 valence electrons. The maximum atomic E-state index is 9.35. The Labute approximate surface area is 129 Å². The molecule has 0 amide bonds. The topological polar surface area (TPSA) is 149 Å². The van der Waals surface area contributed by atoms with Crippen LogP contribution in [0.25, 0.3) is 11.2 Å². The minimum Gasteiger partial charge on any atom is -0.394 e. The quantitative estimate of drug-likeness (QED) is 0.522. The van der Waals surface area contributed by atoms with Crippen molar-refractivity contribution in [3.63, 3.8) is 0 Å². The SMILES string of the molecule is Nc1ncnc2c1ncn2[C@H]1C[C@H](OP(O)(O)=S)[C@@H](CO)O1. The lowest BCUT2D eigenvalue weighted by Crippen LogP contribution is -2.26. The molecule has 0 saturated carbocycles. The molecular formula is C10H14N5O5PS. The fraction of sp³-hybridized carbons (Fsp3) is 0.500. The number of nitrogens with zero attached hydrogens (tertiary/aromatic N) is 4. The Hall–Kier alpha value is -1.20. The van der Waals surface area contributed by atoms with Crippen LogP contribution in [0.5, 0.6) is 0 Å². The first-order chi connectivity index (χ1) is 10.4. The van der Waals surface area contributed by atoms with Gasteiger partial charge in [-0.1, -0.05) is 0 Å². The molecule has 3 atom stereocenters. The molecule has 0 spiro atoms. The lowest BCUT2D eigenvalue weighted by Gasteiger charge is -2.18. The van der Waals surface area contributed by atoms with E-state index in [4.69, 9.17) is 15.0 Å². The van der Waals surface area contributed by atoms with E-state index in [-0.39, 0.29) is 18.8 Å². The first kappa shape index (κ1) is 15.7. The highest BCUT2D eigenvalue weighted by Gasteiger charge is 2.39. The van der Waals surface area contributed by atoms with E-state index in [0.717, 1.165) is 0 Å². The zero-order chi connectivity index (χ0) is 15.9. The van der Waals surface area contributed by atoms with Crippen LogP contribution in [0.4, 0.5) is 5.82 Å². The highest BCUT2D eigenvalue weighted by Crippen LogP contribution is 2.44. The second kappa shape index (κ2) is 5.78. The van der Waals surface area contributed by atoms with Crippen molar-refractivity contribution in [2.24, 2.45) is 0 Å². The fourth-order valence-corrected chi connectivity index (χ4v) is 3.31. The van der Waals surface area contributed by atoms with Gasteiger partial charge in [-0.2, -0.15) is 0 Å². The highest BCUT2D eigenvalue weighted by molar-refractivity contribution is 8.06. The van der Waals surface area contributed by atoms with Crippen molar-refractivity contribution in [3.8, 4) is 0 Å². The van der Waals surface area contributed by atoms with Crippen LogP contribution >= 0.6 is 6.72 Å². The standard InChI is InChI=1S/C10H14N5O5PS/c11-9-8-10(13-3-12-9)15(4-14-8)7-1-5(6(2-16)19-7)20-21(17,18)22/h3-7,16H,1-2H2,(H2,11,12,13)(H2,17,18,22)/t5-,6+,7+/m0/s1. The number of aliphatic hydroxyl groups is 1. The third-order valence-corrected chi connectivity index (χ3v) is 4.13. The molecule has 5 N–H and O–H groups in total. The number of anilines is 1. The molecule has 10 nitrogen and oxygen atoms in total. The predicted molar refractivity (Wildman–Crippen MR) is 78.9 cm³/mol. The number of nitrogen functional groups attached to an aromatic ring is 1. The Kier molecular flexibility index (Phi) is 4.12. The van der Waals surface area contributed by atoms with Crippen LogP contribution in [0.3, 0.4) is 0 Å². The Morgan fingerprint density at radius 2 is 2.23 bits per heavy atom. The van der Waals surface area contributed by atoms with Gasteiger partial charge in [0.1, 0.15) is 24.2 Å². The molecule has 1 aliphatic rings. The van der Waals surface area contributed by atoms with Crippen LogP contribution in [0.1, 0.15) is 12.6 Å². The summed E-state index contributed by atoms with van der Waals surface area (Å²) in [6.45, 7) is -4.20. The van der Waals surface area contributed by atoms with Gasteiger partial charge in [0.25, 0.3) is 0 Å². The minimum absolute atomic E-state index is 0.245. The molecule has 12 heteroatoms. The smallest absolute Gasteiger partial charge is 0.322 e. The first-order valence-electron chi connectivity index (χ1n) is 6.32. The molecule has 0 aromatic carbocycles. The summed E-state index contributed by atoms with van der Waals surface area (Å²) >= 11 is 4.46. The van der Waals surface area contributed by atoms with Crippen molar-refractivity contribution in [2.45, 2.75) is 24.9 Å². The minimum atomic E-state index is -3.85. The maximum Gasteiger partial charge on any atom is 0.322 e. The van der Waals surface area contributed by atoms with E-state index in [1.165, 1.54) is 12.7 Å². The molecule has 0 bridgehead atoms. The molecule has 3 heterocycles. The summed E-state index contributed by atoms with van der Waals surface area (Å²) in [7, 11) is 0. The lowest BCUT2D eigenvalue weighted by molar-refractivity contribution is -0.0406. The average Bonchev–Trinajstić information content (AvgIpc) is 3.01. The number of nitrogens with two attached hydrogens (primary N) is 1. The van der Waals surface area contributed by atoms with E-state index < -0.39 is 25.2 Å². The van der Waals surface area contributed by atoms with E-state index in [0.29, 0.717) is 11.2 Å². The van der Waals surface area contributed by atoms with Crippen molar-refractivity contribution < 1.29 is 24.2 Å². The second-order valence-corrected chi connectivity index (χ2v) is 7.38. The highest BCUT2D eigenvalue weighted by atomic mass is 32.5. The van der Waals surface area contributed by atoms with Crippen molar-refractivity contribution in [3.05, 3.63) is 12.7 Å². The van der Waals surface area contributed by atoms with Gasteiger partial charge in [-0.05, 0) is 11.8 Å². The van der Waals surface area contributed by atoms with Gasteiger partial charge in [-0.25, -0.2) is 15.0 Å². The lowest BCUT2D eigenvalue weighted by atomic mass is 10.2. The van der Waals surface area contributed by atoms with E-state index >= 15 is 0 Å². The van der Waals surface area contributed by atoms with Gasteiger partial charge in [-0.15, -0.1) is 0 Å².